The minimum absolute atomic E-state index is 0.528. The molecule has 192 valence electrons. The molecule has 14 nitrogen and oxygen atoms in total. The number of carbonyl (C=O) groups excluding carboxylic acids is 1. The molecular formula is C20H28O14. The summed E-state index contributed by atoms with van der Waals surface area (Å²) in [5.74, 6) is -3.08. The van der Waals surface area contributed by atoms with Gasteiger partial charge in [-0.25, -0.2) is 0 Å². The Morgan fingerprint density at radius 3 is 1.91 bits per heavy atom. The van der Waals surface area contributed by atoms with Crippen LogP contribution in [0.3, 0.4) is 0 Å². The van der Waals surface area contributed by atoms with Crippen molar-refractivity contribution in [1.82, 2.24) is 0 Å². The highest BCUT2D eigenvalue weighted by molar-refractivity contribution is 6.00. The van der Waals surface area contributed by atoms with E-state index in [9.17, 15) is 55.9 Å². The lowest BCUT2D eigenvalue weighted by molar-refractivity contribution is -0.277. The number of benzene rings is 1. The van der Waals surface area contributed by atoms with Gasteiger partial charge in [0, 0.05) is 6.07 Å². The number of Topliss-reactive ketones (excluding diaryl/α,β-unsaturated/α-hetero) is 1. The van der Waals surface area contributed by atoms with Gasteiger partial charge in [-0.2, -0.15) is 0 Å². The fourth-order valence-corrected chi connectivity index (χ4v) is 3.99. The first-order valence-electron chi connectivity index (χ1n) is 10.3. The minimum atomic E-state index is -1.88. The quantitative estimate of drug-likeness (QED) is 0.170. The smallest absolute Gasteiger partial charge is 0.229 e. The van der Waals surface area contributed by atoms with E-state index in [0.717, 1.165) is 13.0 Å². The van der Waals surface area contributed by atoms with Crippen LogP contribution in [0, 0.1) is 0 Å². The number of phenolic OH excluding ortho intramolecular Hbond substituents is 2. The van der Waals surface area contributed by atoms with Crippen LogP contribution >= 0.6 is 0 Å². The number of hydrogen-bond acceptors (Lipinski definition) is 14. The zero-order valence-corrected chi connectivity index (χ0v) is 17.9. The second-order valence-corrected chi connectivity index (χ2v) is 8.15. The van der Waals surface area contributed by atoms with Crippen molar-refractivity contribution in [2.24, 2.45) is 0 Å². The molecule has 1 aromatic carbocycles. The molecule has 0 aromatic heterocycles. The van der Waals surface area contributed by atoms with Crippen LogP contribution in [0.2, 0.25) is 0 Å². The second-order valence-electron chi connectivity index (χ2n) is 8.15. The van der Waals surface area contributed by atoms with E-state index in [0.29, 0.717) is 0 Å². The molecule has 0 saturated carbocycles. The molecule has 10 N–H and O–H groups in total. The summed E-state index contributed by atoms with van der Waals surface area (Å²) in [4.78, 5) is 12.3. The van der Waals surface area contributed by atoms with Gasteiger partial charge in [0.15, 0.2) is 5.78 Å². The summed E-state index contributed by atoms with van der Waals surface area (Å²) in [6.45, 7) is -0.513. The first kappa shape index (κ1) is 26.5. The Bertz CT molecular complexity index is 889. The third kappa shape index (κ3) is 4.57. The summed E-state index contributed by atoms with van der Waals surface area (Å²) >= 11 is 0. The lowest BCUT2D eigenvalue weighted by atomic mass is 9.89. The number of aliphatic hydroxyl groups excluding tert-OH is 8. The van der Waals surface area contributed by atoms with Crippen molar-refractivity contribution >= 4 is 5.78 Å². The van der Waals surface area contributed by atoms with E-state index in [2.05, 4.69) is 0 Å². The third-order valence-corrected chi connectivity index (χ3v) is 5.90. The van der Waals surface area contributed by atoms with Gasteiger partial charge >= 0.3 is 0 Å². The van der Waals surface area contributed by atoms with Crippen LogP contribution in [-0.4, -0.2) is 125 Å². The van der Waals surface area contributed by atoms with Crippen molar-refractivity contribution in [3.63, 3.8) is 0 Å². The first-order valence-corrected chi connectivity index (χ1v) is 10.3. The van der Waals surface area contributed by atoms with Gasteiger partial charge in [-0.1, -0.05) is 0 Å². The zero-order valence-electron chi connectivity index (χ0n) is 17.9. The Labute approximate surface area is 192 Å². The lowest BCUT2D eigenvalue weighted by Crippen LogP contribution is -2.60. The van der Waals surface area contributed by atoms with Gasteiger partial charge in [0.25, 0.3) is 0 Å². The molecule has 2 aliphatic rings. The minimum Gasteiger partial charge on any atom is -0.507 e. The van der Waals surface area contributed by atoms with Gasteiger partial charge in [-0.3, -0.25) is 4.79 Å². The molecule has 0 amide bonds. The molecule has 0 unspecified atom stereocenters. The van der Waals surface area contributed by atoms with Crippen molar-refractivity contribution in [3.8, 4) is 17.2 Å². The van der Waals surface area contributed by atoms with Gasteiger partial charge in [0.1, 0.15) is 77.7 Å². The lowest BCUT2D eigenvalue weighted by Gasteiger charge is -2.41. The maximum Gasteiger partial charge on any atom is 0.229 e. The molecule has 3 rings (SSSR count). The number of hydrogen-bond donors (Lipinski definition) is 10. The summed E-state index contributed by atoms with van der Waals surface area (Å²) in [5, 5.41) is 100. The molecule has 34 heavy (non-hydrogen) atoms. The molecule has 0 spiro atoms. The molecule has 14 heteroatoms. The number of ether oxygens (including phenoxy) is 3. The highest BCUT2D eigenvalue weighted by Gasteiger charge is 2.48. The fraction of sp³-hybridized carbons (Fsp3) is 0.650. The van der Waals surface area contributed by atoms with Crippen molar-refractivity contribution in [3.05, 3.63) is 17.2 Å². The number of aromatic hydroxyl groups is 2. The molecular weight excluding hydrogens is 464 g/mol. The molecule has 2 heterocycles. The van der Waals surface area contributed by atoms with Crippen LogP contribution < -0.4 is 4.74 Å². The van der Waals surface area contributed by atoms with Gasteiger partial charge in [0.2, 0.25) is 6.29 Å². The van der Waals surface area contributed by atoms with Crippen LogP contribution in [0.25, 0.3) is 0 Å². The molecule has 2 fully saturated rings. The van der Waals surface area contributed by atoms with E-state index in [4.69, 9.17) is 14.2 Å². The maximum atomic E-state index is 12.3. The number of rotatable bonds is 6. The highest BCUT2D eigenvalue weighted by atomic mass is 16.7. The van der Waals surface area contributed by atoms with Crippen LogP contribution in [0.15, 0.2) is 6.07 Å². The Balaban J connectivity index is 2.02. The summed E-state index contributed by atoms with van der Waals surface area (Å²) in [7, 11) is 0. The van der Waals surface area contributed by atoms with Crippen molar-refractivity contribution in [1.29, 1.82) is 0 Å². The van der Waals surface area contributed by atoms with Gasteiger partial charge in [-0.05, 0) is 6.92 Å². The van der Waals surface area contributed by atoms with Crippen LogP contribution in [0.4, 0.5) is 0 Å². The molecule has 1 aromatic rings. The van der Waals surface area contributed by atoms with Crippen LogP contribution in [-0.2, 0) is 9.47 Å². The Morgan fingerprint density at radius 2 is 1.38 bits per heavy atom. The Kier molecular flexibility index (Phi) is 7.99. The van der Waals surface area contributed by atoms with Crippen LogP contribution in [0.5, 0.6) is 17.2 Å². The highest BCUT2D eigenvalue weighted by Crippen LogP contribution is 2.46. The zero-order chi connectivity index (χ0) is 25.5. The van der Waals surface area contributed by atoms with Crippen molar-refractivity contribution < 1.29 is 70.1 Å². The fourth-order valence-electron chi connectivity index (χ4n) is 3.99. The number of carbonyl (C=O) groups is 1. The predicted molar refractivity (Wildman–Crippen MR) is 107 cm³/mol. The van der Waals surface area contributed by atoms with Crippen molar-refractivity contribution in [2.75, 3.05) is 13.2 Å². The van der Waals surface area contributed by atoms with E-state index in [1.54, 1.807) is 0 Å². The SMILES string of the molecule is CC(=O)c1c(O[C@H]2O[C@H](CO)[C@@H](O)[C@H](O)[C@H]2O)cc(O)c([C@H]2O[C@@H](CO)[C@@H](O)[C@@H](O)[C@@H]2O)c1O. The summed E-state index contributed by atoms with van der Waals surface area (Å²) in [5.41, 5.74) is -1.12. The second kappa shape index (κ2) is 10.2. The summed E-state index contributed by atoms with van der Waals surface area (Å²) in [6, 6.07) is 0.814. The normalized spacial score (nSPS) is 38.5. The predicted octanol–water partition coefficient (Wildman–Crippen LogP) is -4.01. The maximum absolute atomic E-state index is 12.3. The molecule has 0 radical (unpaired) electrons. The monoisotopic (exact) mass is 492 g/mol. The van der Waals surface area contributed by atoms with Gasteiger partial charge in [0.05, 0.1) is 18.8 Å². The Hall–Kier alpha value is -2.11. The number of ketones is 1. The summed E-state index contributed by atoms with van der Waals surface area (Å²) < 4.78 is 15.9. The molecule has 2 aliphatic heterocycles. The number of phenols is 2. The number of aliphatic hydroxyl groups is 8. The van der Waals surface area contributed by atoms with E-state index in [1.165, 1.54) is 0 Å². The molecule has 2 saturated heterocycles. The van der Waals surface area contributed by atoms with E-state index >= 15 is 0 Å². The first-order chi connectivity index (χ1) is 15.9. The standard InChI is InChI=1S/C20H28O14/c1-5(23)10-7(33-20-18(31)16(29)13(26)9(4-22)34-20)2-6(24)11(14(10)27)19-17(30)15(28)12(25)8(3-21)32-19/h2,8-9,12-13,15-22,24-31H,3-4H2,1H3/t8-,9+,12+,13+,15+,16-,17-,18+,19+,20-/m0/s1. The average Bonchev–Trinajstić information content (AvgIpc) is 2.78. The van der Waals surface area contributed by atoms with Crippen molar-refractivity contribution in [2.45, 2.75) is 68.1 Å². The van der Waals surface area contributed by atoms with E-state index in [1.807, 2.05) is 0 Å². The molecule has 10 atom stereocenters. The molecule has 0 bridgehead atoms. The third-order valence-electron chi connectivity index (χ3n) is 5.90. The topological polar surface area (TPSA) is 247 Å². The largest absolute Gasteiger partial charge is 0.507 e. The average molecular weight is 492 g/mol. The van der Waals surface area contributed by atoms with E-state index < -0.39 is 109 Å². The van der Waals surface area contributed by atoms with Gasteiger partial charge < -0.3 is 65.3 Å². The van der Waals surface area contributed by atoms with Gasteiger partial charge in [-0.15, -0.1) is 0 Å². The van der Waals surface area contributed by atoms with Crippen LogP contribution in [0.1, 0.15) is 28.9 Å². The summed E-state index contributed by atoms with van der Waals surface area (Å²) in [6.07, 6.45) is -16.9. The molecule has 0 aliphatic carbocycles. The van der Waals surface area contributed by atoms with E-state index in [-0.39, 0.29) is 0 Å². The Morgan fingerprint density at radius 1 is 0.853 bits per heavy atom.